The van der Waals surface area contributed by atoms with E-state index in [9.17, 15) is 5.11 Å². The Morgan fingerprint density at radius 3 is 2.72 bits per heavy atom. The lowest BCUT2D eigenvalue weighted by atomic mass is 9.92. The van der Waals surface area contributed by atoms with Gasteiger partial charge in [-0.3, -0.25) is 0 Å². The summed E-state index contributed by atoms with van der Waals surface area (Å²) >= 11 is 0. The van der Waals surface area contributed by atoms with Crippen molar-refractivity contribution in [3.05, 3.63) is 35.9 Å². The number of rotatable bonds is 2. The van der Waals surface area contributed by atoms with Crippen LogP contribution in [0, 0.1) is 0 Å². The minimum Gasteiger partial charge on any atom is -0.356 e. The van der Waals surface area contributed by atoms with Crippen molar-refractivity contribution in [3.63, 3.8) is 0 Å². The summed E-state index contributed by atoms with van der Waals surface area (Å²) < 4.78 is 5.82. The van der Waals surface area contributed by atoms with E-state index < -0.39 is 6.41 Å². The average Bonchev–Trinajstić information content (AvgIpc) is 2.68. The molecule has 4 heteroatoms. The summed E-state index contributed by atoms with van der Waals surface area (Å²) in [6, 6.07) is 10.2. The summed E-state index contributed by atoms with van der Waals surface area (Å²) in [5.41, 5.74) is 1.07. The Balaban J connectivity index is 1.67. The van der Waals surface area contributed by atoms with Gasteiger partial charge in [0.15, 0.2) is 0 Å². The van der Waals surface area contributed by atoms with Crippen LogP contribution in [0.4, 0.5) is 0 Å². The van der Waals surface area contributed by atoms with Crippen molar-refractivity contribution >= 4 is 0 Å². The highest BCUT2D eigenvalue weighted by Gasteiger charge is 2.44. The number of aliphatic hydroxyl groups excluding tert-OH is 1. The average molecular weight is 248 g/mol. The maximum Gasteiger partial charge on any atom is 0.217 e. The Hall–Kier alpha value is -0.940. The number of aliphatic hydroxyl groups is 1. The molecule has 2 fully saturated rings. The van der Waals surface area contributed by atoms with Crippen LogP contribution >= 0.6 is 0 Å². The third-order valence-electron chi connectivity index (χ3n) is 3.90. The molecule has 2 saturated heterocycles. The maximum absolute atomic E-state index is 10.1. The minimum absolute atomic E-state index is 0.139. The minimum atomic E-state index is -0.761. The van der Waals surface area contributed by atoms with Gasteiger partial charge >= 0.3 is 0 Å². The van der Waals surface area contributed by atoms with Crippen LogP contribution in [0.5, 0.6) is 0 Å². The molecule has 2 aliphatic heterocycles. The predicted octanol–water partition coefficient (Wildman–Crippen LogP) is 0.917. The van der Waals surface area contributed by atoms with E-state index in [-0.39, 0.29) is 5.60 Å². The number of nitrogens with zero attached hydrogens (tertiary/aromatic N) is 1. The van der Waals surface area contributed by atoms with Gasteiger partial charge in [-0.25, -0.2) is 4.90 Å². The van der Waals surface area contributed by atoms with Crippen LogP contribution < -0.4 is 5.32 Å². The van der Waals surface area contributed by atoms with Crippen molar-refractivity contribution in [1.29, 1.82) is 0 Å². The number of ether oxygens (including phenoxy) is 1. The summed E-state index contributed by atoms with van der Waals surface area (Å²) in [7, 11) is 0. The summed E-state index contributed by atoms with van der Waals surface area (Å²) in [6.07, 6.45) is 1.20. The van der Waals surface area contributed by atoms with Crippen molar-refractivity contribution in [1.82, 2.24) is 10.2 Å². The second-order valence-corrected chi connectivity index (χ2v) is 5.27. The van der Waals surface area contributed by atoms with Gasteiger partial charge in [0.2, 0.25) is 6.41 Å². The predicted molar refractivity (Wildman–Crippen MR) is 68.8 cm³/mol. The van der Waals surface area contributed by atoms with E-state index in [0.717, 1.165) is 39.0 Å². The molecular weight excluding hydrogens is 228 g/mol. The van der Waals surface area contributed by atoms with Crippen LogP contribution in [0.2, 0.25) is 0 Å². The molecule has 1 unspecified atom stereocenters. The number of nitrogens with one attached hydrogen (secondary N) is 1. The molecule has 0 aliphatic carbocycles. The third-order valence-corrected chi connectivity index (χ3v) is 3.90. The quantitative estimate of drug-likeness (QED) is 0.817. The SMILES string of the molecule is OC1OC2(CCNCC2)CN1Cc1ccccc1. The Kier molecular flexibility index (Phi) is 3.35. The Morgan fingerprint density at radius 2 is 2.00 bits per heavy atom. The molecule has 1 atom stereocenters. The zero-order valence-corrected chi connectivity index (χ0v) is 10.5. The zero-order valence-electron chi connectivity index (χ0n) is 10.5. The van der Waals surface area contributed by atoms with Crippen LogP contribution in [0.25, 0.3) is 0 Å². The van der Waals surface area contributed by atoms with Crippen LogP contribution in [0.1, 0.15) is 18.4 Å². The molecule has 1 aromatic rings. The Labute approximate surface area is 108 Å². The fourth-order valence-electron chi connectivity index (χ4n) is 2.89. The molecule has 0 amide bonds. The summed E-state index contributed by atoms with van der Waals surface area (Å²) in [6.45, 7) is 3.53. The van der Waals surface area contributed by atoms with Gasteiger partial charge < -0.3 is 15.2 Å². The van der Waals surface area contributed by atoms with Crippen LogP contribution in [-0.4, -0.2) is 41.7 Å². The van der Waals surface area contributed by atoms with E-state index in [2.05, 4.69) is 17.4 Å². The molecule has 1 aromatic carbocycles. The largest absolute Gasteiger partial charge is 0.356 e. The normalized spacial score (nSPS) is 27.7. The molecule has 3 rings (SSSR count). The molecule has 0 aromatic heterocycles. The monoisotopic (exact) mass is 248 g/mol. The van der Waals surface area contributed by atoms with E-state index in [1.54, 1.807) is 0 Å². The lowest BCUT2D eigenvalue weighted by Crippen LogP contribution is -2.44. The van der Waals surface area contributed by atoms with Gasteiger partial charge in [-0.1, -0.05) is 30.3 Å². The highest BCUT2D eigenvalue weighted by atomic mass is 16.7. The first-order chi connectivity index (χ1) is 8.77. The van der Waals surface area contributed by atoms with Gasteiger partial charge in [-0.15, -0.1) is 0 Å². The van der Waals surface area contributed by atoms with E-state index in [4.69, 9.17) is 4.74 Å². The van der Waals surface area contributed by atoms with Crippen molar-refractivity contribution < 1.29 is 9.84 Å². The fourth-order valence-corrected chi connectivity index (χ4v) is 2.89. The third kappa shape index (κ3) is 2.42. The van der Waals surface area contributed by atoms with Crippen molar-refractivity contribution in [2.24, 2.45) is 0 Å². The smallest absolute Gasteiger partial charge is 0.217 e. The fraction of sp³-hybridized carbons (Fsp3) is 0.571. The molecule has 4 nitrogen and oxygen atoms in total. The first-order valence-electron chi connectivity index (χ1n) is 6.62. The standard InChI is InChI=1S/C14H20N2O2/c17-13-16(10-12-4-2-1-3-5-12)11-14(18-13)6-8-15-9-7-14/h1-5,13,15,17H,6-11H2. The van der Waals surface area contributed by atoms with Gasteiger partial charge in [-0.2, -0.15) is 0 Å². The second-order valence-electron chi connectivity index (χ2n) is 5.27. The van der Waals surface area contributed by atoms with Gasteiger partial charge in [0, 0.05) is 13.1 Å². The number of hydrogen-bond donors (Lipinski definition) is 2. The summed E-state index contributed by atoms with van der Waals surface area (Å²) in [5, 5.41) is 13.4. The zero-order chi connectivity index (χ0) is 12.4. The lowest BCUT2D eigenvalue weighted by Gasteiger charge is -2.32. The van der Waals surface area contributed by atoms with Crippen molar-refractivity contribution in [2.45, 2.75) is 31.4 Å². The van der Waals surface area contributed by atoms with Crippen LogP contribution in [0.3, 0.4) is 0 Å². The topological polar surface area (TPSA) is 44.7 Å². The molecule has 98 valence electrons. The van der Waals surface area contributed by atoms with Gasteiger partial charge in [0.05, 0.1) is 5.60 Å². The van der Waals surface area contributed by atoms with Gasteiger partial charge in [-0.05, 0) is 31.5 Å². The summed E-state index contributed by atoms with van der Waals surface area (Å²) in [5.74, 6) is 0. The van der Waals surface area contributed by atoms with E-state index in [1.807, 2.05) is 23.1 Å². The van der Waals surface area contributed by atoms with Crippen LogP contribution in [0.15, 0.2) is 30.3 Å². The van der Waals surface area contributed by atoms with Crippen molar-refractivity contribution in [3.8, 4) is 0 Å². The van der Waals surface area contributed by atoms with E-state index in [1.165, 1.54) is 5.56 Å². The highest BCUT2D eigenvalue weighted by molar-refractivity contribution is 5.14. The Bertz CT molecular complexity index is 390. The maximum atomic E-state index is 10.1. The Morgan fingerprint density at radius 1 is 1.28 bits per heavy atom. The number of hydrogen-bond acceptors (Lipinski definition) is 4. The van der Waals surface area contributed by atoms with Crippen molar-refractivity contribution in [2.75, 3.05) is 19.6 Å². The molecule has 1 spiro atoms. The summed E-state index contributed by atoms with van der Waals surface area (Å²) in [4.78, 5) is 2.01. The van der Waals surface area contributed by atoms with Crippen LogP contribution in [-0.2, 0) is 11.3 Å². The molecule has 2 N–H and O–H groups in total. The van der Waals surface area contributed by atoms with Gasteiger partial charge in [0.1, 0.15) is 0 Å². The first-order valence-corrected chi connectivity index (χ1v) is 6.62. The molecule has 2 heterocycles. The first kappa shape index (κ1) is 12.1. The number of benzene rings is 1. The lowest BCUT2D eigenvalue weighted by molar-refractivity contribution is -0.182. The van der Waals surface area contributed by atoms with E-state index in [0.29, 0.717) is 0 Å². The van der Waals surface area contributed by atoms with Gasteiger partial charge in [0.25, 0.3) is 0 Å². The molecule has 0 bridgehead atoms. The number of piperidine rings is 1. The second kappa shape index (κ2) is 4.97. The molecule has 2 aliphatic rings. The van der Waals surface area contributed by atoms with E-state index >= 15 is 0 Å². The molecule has 18 heavy (non-hydrogen) atoms. The molecular formula is C14H20N2O2. The highest BCUT2D eigenvalue weighted by Crippen LogP contribution is 2.33. The molecule has 0 radical (unpaired) electrons. The molecule has 0 saturated carbocycles.